The van der Waals surface area contributed by atoms with E-state index in [0.29, 0.717) is 0 Å². The molecule has 4 heteroatoms. The molecule has 0 saturated heterocycles. The smallest absolute Gasteiger partial charge is 0.191 e. The van der Waals surface area contributed by atoms with Crippen LogP contribution in [0.1, 0.15) is 12.5 Å². The Hall–Kier alpha value is -2.07. The average Bonchev–Trinajstić information content (AvgIpc) is 2.99. The molecule has 2 aromatic carbocycles. The molecule has 3 rings (SSSR count). The van der Waals surface area contributed by atoms with Gasteiger partial charge in [-0.3, -0.25) is 0 Å². The largest absolute Gasteiger partial charge is 0.302 e. The second kappa shape index (κ2) is 7.27. The highest BCUT2D eigenvalue weighted by atomic mass is 32.2. The summed E-state index contributed by atoms with van der Waals surface area (Å²) in [4.78, 5) is 0. The van der Waals surface area contributed by atoms with Crippen molar-refractivity contribution in [1.82, 2.24) is 14.8 Å². The van der Waals surface area contributed by atoms with E-state index in [2.05, 4.69) is 64.2 Å². The molecule has 3 aromatic rings. The summed E-state index contributed by atoms with van der Waals surface area (Å²) in [5, 5.41) is 9.74. The van der Waals surface area contributed by atoms with Crippen molar-refractivity contribution in [3.63, 3.8) is 0 Å². The van der Waals surface area contributed by atoms with E-state index < -0.39 is 0 Å². The molecule has 0 amide bonds. The zero-order valence-electron chi connectivity index (χ0n) is 12.6. The van der Waals surface area contributed by atoms with Gasteiger partial charge in [-0.2, -0.15) is 0 Å². The van der Waals surface area contributed by atoms with Crippen molar-refractivity contribution in [2.24, 2.45) is 0 Å². The number of aromatic nitrogens is 3. The molecular formula is C18H19N3S. The Balaban J connectivity index is 1.71. The predicted octanol–water partition coefficient (Wildman–Crippen LogP) is 4.30. The highest BCUT2D eigenvalue weighted by molar-refractivity contribution is 7.99. The highest BCUT2D eigenvalue weighted by Crippen LogP contribution is 2.24. The third kappa shape index (κ3) is 3.39. The lowest BCUT2D eigenvalue weighted by molar-refractivity contribution is 0.687. The van der Waals surface area contributed by atoms with Gasteiger partial charge in [0, 0.05) is 17.9 Å². The summed E-state index contributed by atoms with van der Waals surface area (Å²) in [5.41, 5.74) is 2.48. The van der Waals surface area contributed by atoms with Crippen molar-refractivity contribution < 1.29 is 0 Å². The fraction of sp³-hybridized carbons (Fsp3) is 0.222. The molecule has 0 radical (unpaired) electrons. The van der Waals surface area contributed by atoms with Crippen LogP contribution in [0.25, 0.3) is 11.4 Å². The lowest BCUT2D eigenvalue weighted by Gasteiger charge is -2.07. The number of nitrogens with zero attached hydrogens (tertiary/aromatic N) is 3. The van der Waals surface area contributed by atoms with Crippen molar-refractivity contribution in [2.75, 3.05) is 5.75 Å². The SMILES string of the molecule is CCn1c(SCCc2ccccc2)nnc1-c1ccccc1. The van der Waals surface area contributed by atoms with Crippen LogP contribution in [0.3, 0.4) is 0 Å². The summed E-state index contributed by atoms with van der Waals surface area (Å²) >= 11 is 1.77. The van der Waals surface area contributed by atoms with Crippen molar-refractivity contribution in [3.05, 3.63) is 66.2 Å². The first kappa shape index (κ1) is 14.9. The summed E-state index contributed by atoms with van der Waals surface area (Å²) in [6.07, 6.45) is 1.04. The molecule has 0 aliphatic carbocycles. The van der Waals surface area contributed by atoms with Gasteiger partial charge in [0.05, 0.1) is 0 Å². The van der Waals surface area contributed by atoms with Crippen LogP contribution in [-0.4, -0.2) is 20.5 Å². The van der Waals surface area contributed by atoms with E-state index in [-0.39, 0.29) is 0 Å². The average molecular weight is 309 g/mol. The molecule has 0 N–H and O–H groups in total. The van der Waals surface area contributed by atoms with Gasteiger partial charge < -0.3 is 4.57 Å². The maximum atomic E-state index is 4.38. The molecule has 1 heterocycles. The number of hydrogen-bond acceptors (Lipinski definition) is 3. The molecule has 0 aliphatic heterocycles. The molecule has 112 valence electrons. The molecule has 0 unspecified atom stereocenters. The van der Waals surface area contributed by atoms with Crippen LogP contribution < -0.4 is 0 Å². The van der Waals surface area contributed by atoms with E-state index in [1.54, 1.807) is 11.8 Å². The molecular weight excluding hydrogens is 290 g/mol. The van der Waals surface area contributed by atoms with E-state index in [1.807, 2.05) is 18.2 Å². The van der Waals surface area contributed by atoms with E-state index in [1.165, 1.54) is 5.56 Å². The molecule has 0 saturated carbocycles. The topological polar surface area (TPSA) is 30.7 Å². The zero-order valence-corrected chi connectivity index (χ0v) is 13.5. The summed E-state index contributed by atoms with van der Waals surface area (Å²) in [5.74, 6) is 1.96. The minimum absolute atomic E-state index is 0.880. The standard InChI is InChI=1S/C18H19N3S/c1-2-21-17(16-11-7-4-8-12-16)19-20-18(21)22-14-13-15-9-5-3-6-10-15/h3-12H,2,13-14H2,1H3. The van der Waals surface area contributed by atoms with Crippen LogP contribution in [0.15, 0.2) is 65.8 Å². The van der Waals surface area contributed by atoms with Gasteiger partial charge in [0.2, 0.25) is 0 Å². The zero-order chi connectivity index (χ0) is 15.2. The Labute approximate surface area is 135 Å². The van der Waals surface area contributed by atoms with Gasteiger partial charge in [0.1, 0.15) is 0 Å². The number of thioether (sulfide) groups is 1. The molecule has 0 spiro atoms. The monoisotopic (exact) mass is 309 g/mol. The molecule has 22 heavy (non-hydrogen) atoms. The molecule has 1 aromatic heterocycles. The fourth-order valence-corrected chi connectivity index (χ4v) is 3.38. The first-order chi connectivity index (χ1) is 10.9. The van der Waals surface area contributed by atoms with Crippen molar-refractivity contribution in [3.8, 4) is 11.4 Å². The molecule has 0 aliphatic rings. The Bertz CT molecular complexity index is 708. The number of hydrogen-bond donors (Lipinski definition) is 0. The van der Waals surface area contributed by atoms with Crippen LogP contribution >= 0.6 is 11.8 Å². The van der Waals surface area contributed by atoms with Gasteiger partial charge in [-0.25, -0.2) is 0 Å². The van der Waals surface area contributed by atoms with Crippen LogP contribution in [0, 0.1) is 0 Å². The van der Waals surface area contributed by atoms with Gasteiger partial charge in [-0.15, -0.1) is 10.2 Å². The summed E-state index contributed by atoms with van der Waals surface area (Å²) in [6.45, 7) is 3.02. The number of rotatable bonds is 6. The Kier molecular flexibility index (Phi) is 4.91. The predicted molar refractivity (Wildman–Crippen MR) is 92.0 cm³/mol. The van der Waals surface area contributed by atoms with Gasteiger partial charge in [0.15, 0.2) is 11.0 Å². The maximum Gasteiger partial charge on any atom is 0.191 e. The van der Waals surface area contributed by atoms with Gasteiger partial charge >= 0.3 is 0 Å². The minimum Gasteiger partial charge on any atom is -0.302 e. The van der Waals surface area contributed by atoms with Gasteiger partial charge in [0.25, 0.3) is 0 Å². The third-order valence-electron chi connectivity index (χ3n) is 3.53. The van der Waals surface area contributed by atoms with E-state index in [0.717, 1.165) is 35.3 Å². The second-order valence-corrected chi connectivity index (χ2v) is 6.06. The first-order valence-corrected chi connectivity index (χ1v) is 8.52. The maximum absolute atomic E-state index is 4.38. The second-order valence-electron chi connectivity index (χ2n) is 5.00. The molecule has 0 atom stereocenters. The highest BCUT2D eigenvalue weighted by Gasteiger charge is 2.12. The molecule has 3 nitrogen and oxygen atoms in total. The quantitative estimate of drug-likeness (QED) is 0.636. The van der Waals surface area contributed by atoms with Crippen LogP contribution in [0.2, 0.25) is 0 Å². The van der Waals surface area contributed by atoms with Gasteiger partial charge in [-0.1, -0.05) is 72.4 Å². The summed E-state index contributed by atoms with van der Waals surface area (Å²) < 4.78 is 2.19. The van der Waals surface area contributed by atoms with Crippen LogP contribution in [0.4, 0.5) is 0 Å². The fourth-order valence-electron chi connectivity index (χ4n) is 2.39. The lowest BCUT2D eigenvalue weighted by Crippen LogP contribution is -2.00. The molecule has 0 fully saturated rings. The van der Waals surface area contributed by atoms with Crippen molar-refractivity contribution >= 4 is 11.8 Å². The molecule has 0 bridgehead atoms. The van der Waals surface area contributed by atoms with E-state index >= 15 is 0 Å². The first-order valence-electron chi connectivity index (χ1n) is 7.54. The summed E-state index contributed by atoms with van der Waals surface area (Å²) in [7, 11) is 0. The minimum atomic E-state index is 0.880. The Morgan fingerprint density at radius 1 is 0.909 bits per heavy atom. The van der Waals surface area contributed by atoms with Crippen molar-refractivity contribution in [2.45, 2.75) is 25.0 Å². The van der Waals surface area contributed by atoms with E-state index in [4.69, 9.17) is 0 Å². The Morgan fingerprint density at radius 3 is 2.27 bits per heavy atom. The summed E-state index contributed by atoms with van der Waals surface area (Å²) in [6, 6.07) is 20.8. The normalized spacial score (nSPS) is 10.8. The van der Waals surface area contributed by atoms with Crippen LogP contribution in [0.5, 0.6) is 0 Å². The van der Waals surface area contributed by atoms with Crippen molar-refractivity contribution in [1.29, 1.82) is 0 Å². The lowest BCUT2D eigenvalue weighted by atomic mass is 10.2. The Morgan fingerprint density at radius 2 is 1.59 bits per heavy atom. The number of benzene rings is 2. The number of aryl methyl sites for hydroxylation is 1. The third-order valence-corrected chi connectivity index (χ3v) is 4.50. The van der Waals surface area contributed by atoms with E-state index in [9.17, 15) is 0 Å². The van der Waals surface area contributed by atoms with Crippen LogP contribution in [-0.2, 0) is 13.0 Å². The van der Waals surface area contributed by atoms with Gasteiger partial charge in [-0.05, 0) is 18.9 Å².